The van der Waals surface area contributed by atoms with Crippen molar-refractivity contribution in [3.63, 3.8) is 0 Å². The van der Waals surface area contributed by atoms with Crippen molar-refractivity contribution in [2.24, 2.45) is 0 Å². The number of nitrogens with zero attached hydrogens (tertiary/aromatic N) is 1. The molecule has 2 aromatic rings. The number of halogens is 1. The second-order valence-corrected chi connectivity index (χ2v) is 5.16. The van der Waals surface area contributed by atoms with E-state index in [9.17, 15) is 4.79 Å². The Morgan fingerprint density at radius 1 is 1.29 bits per heavy atom. The van der Waals surface area contributed by atoms with Crippen LogP contribution in [0.25, 0.3) is 0 Å². The molecule has 1 heterocycles. The summed E-state index contributed by atoms with van der Waals surface area (Å²) in [6.07, 6.45) is 1.72. The van der Waals surface area contributed by atoms with Crippen LogP contribution < -0.4 is 10.1 Å². The second kappa shape index (κ2) is 7.08. The highest BCUT2D eigenvalue weighted by Crippen LogP contribution is 2.21. The van der Waals surface area contributed by atoms with E-state index in [1.807, 2.05) is 18.2 Å². The molecule has 0 aliphatic carbocycles. The molecule has 0 spiro atoms. The SMILES string of the molecule is COC(=O)c1cc(CNc2ccc(Br)cn2)ccc1OC. The van der Waals surface area contributed by atoms with Crippen LogP contribution in [0.1, 0.15) is 15.9 Å². The van der Waals surface area contributed by atoms with Crippen LogP contribution in [0.3, 0.4) is 0 Å². The molecule has 0 aliphatic rings. The first-order chi connectivity index (χ1) is 10.1. The van der Waals surface area contributed by atoms with Gasteiger partial charge < -0.3 is 14.8 Å². The van der Waals surface area contributed by atoms with Gasteiger partial charge in [-0.15, -0.1) is 0 Å². The Morgan fingerprint density at radius 3 is 2.71 bits per heavy atom. The summed E-state index contributed by atoms with van der Waals surface area (Å²) in [5, 5.41) is 3.18. The van der Waals surface area contributed by atoms with Crippen LogP contribution in [0.2, 0.25) is 0 Å². The van der Waals surface area contributed by atoms with Crippen molar-refractivity contribution in [3.8, 4) is 5.75 Å². The monoisotopic (exact) mass is 350 g/mol. The molecule has 1 aromatic carbocycles. The molecule has 0 bridgehead atoms. The maximum atomic E-state index is 11.7. The van der Waals surface area contributed by atoms with Gasteiger partial charge in [-0.05, 0) is 45.8 Å². The summed E-state index contributed by atoms with van der Waals surface area (Å²) in [6, 6.07) is 9.16. The Labute approximate surface area is 131 Å². The molecule has 21 heavy (non-hydrogen) atoms. The van der Waals surface area contributed by atoms with Gasteiger partial charge in [0.15, 0.2) is 0 Å². The number of ether oxygens (including phenoxy) is 2. The summed E-state index contributed by atoms with van der Waals surface area (Å²) < 4.78 is 10.8. The third-order valence-electron chi connectivity index (χ3n) is 2.87. The topological polar surface area (TPSA) is 60.5 Å². The summed E-state index contributed by atoms with van der Waals surface area (Å²) in [5.41, 5.74) is 1.34. The minimum Gasteiger partial charge on any atom is -0.496 e. The first kappa shape index (κ1) is 15.3. The molecule has 0 amide bonds. The number of pyridine rings is 1. The van der Waals surface area contributed by atoms with Gasteiger partial charge in [-0.25, -0.2) is 9.78 Å². The van der Waals surface area contributed by atoms with E-state index in [1.54, 1.807) is 18.3 Å². The number of nitrogens with one attached hydrogen (secondary N) is 1. The average Bonchev–Trinajstić information content (AvgIpc) is 2.53. The van der Waals surface area contributed by atoms with E-state index in [-0.39, 0.29) is 0 Å². The van der Waals surface area contributed by atoms with E-state index in [0.717, 1.165) is 15.9 Å². The lowest BCUT2D eigenvalue weighted by Gasteiger charge is -2.10. The molecule has 5 nitrogen and oxygen atoms in total. The number of methoxy groups -OCH3 is 2. The third-order valence-corrected chi connectivity index (χ3v) is 3.34. The van der Waals surface area contributed by atoms with E-state index in [4.69, 9.17) is 9.47 Å². The molecule has 6 heteroatoms. The highest BCUT2D eigenvalue weighted by molar-refractivity contribution is 9.10. The van der Waals surface area contributed by atoms with Gasteiger partial charge in [0.1, 0.15) is 17.1 Å². The number of rotatable bonds is 5. The molecular weight excluding hydrogens is 336 g/mol. The highest BCUT2D eigenvalue weighted by Gasteiger charge is 2.13. The van der Waals surface area contributed by atoms with Crippen molar-refractivity contribution in [2.75, 3.05) is 19.5 Å². The molecule has 1 N–H and O–H groups in total. The molecule has 0 fully saturated rings. The van der Waals surface area contributed by atoms with Gasteiger partial charge in [0, 0.05) is 17.2 Å². The maximum Gasteiger partial charge on any atom is 0.341 e. The fourth-order valence-corrected chi connectivity index (χ4v) is 2.04. The number of carbonyl (C=O) groups excluding carboxylic acids is 1. The fraction of sp³-hybridized carbons (Fsp3) is 0.200. The van der Waals surface area contributed by atoms with Crippen molar-refractivity contribution in [2.45, 2.75) is 6.54 Å². The van der Waals surface area contributed by atoms with Crippen molar-refractivity contribution in [1.29, 1.82) is 0 Å². The van der Waals surface area contributed by atoms with Crippen molar-refractivity contribution in [3.05, 3.63) is 52.1 Å². The summed E-state index contributed by atoms with van der Waals surface area (Å²) in [4.78, 5) is 15.9. The van der Waals surface area contributed by atoms with Crippen LogP contribution in [0.15, 0.2) is 41.0 Å². The Balaban J connectivity index is 2.13. The average molecular weight is 351 g/mol. The van der Waals surface area contributed by atoms with Gasteiger partial charge in [-0.2, -0.15) is 0 Å². The van der Waals surface area contributed by atoms with Crippen LogP contribution in [0.5, 0.6) is 5.75 Å². The normalized spacial score (nSPS) is 10.0. The molecule has 110 valence electrons. The molecule has 0 unspecified atom stereocenters. The van der Waals surface area contributed by atoms with Crippen LogP contribution >= 0.6 is 15.9 Å². The number of anilines is 1. The zero-order chi connectivity index (χ0) is 15.2. The number of aromatic nitrogens is 1. The number of esters is 1. The Morgan fingerprint density at radius 2 is 2.10 bits per heavy atom. The molecule has 0 radical (unpaired) electrons. The summed E-state index contributed by atoms with van der Waals surface area (Å²) in [7, 11) is 2.86. The van der Waals surface area contributed by atoms with Crippen molar-refractivity contribution in [1.82, 2.24) is 4.98 Å². The minimum absolute atomic E-state index is 0.406. The van der Waals surface area contributed by atoms with Gasteiger partial charge in [0.05, 0.1) is 14.2 Å². The first-order valence-corrected chi connectivity index (χ1v) is 7.04. The zero-order valence-corrected chi connectivity index (χ0v) is 13.3. The molecule has 0 saturated heterocycles. The van der Waals surface area contributed by atoms with E-state index in [2.05, 4.69) is 26.2 Å². The third kappa shape index (κ3) is 3.95. The summed E-state index contributed by atoms with van der Waals surface area (Å²) in [6.45, 7) is 0.544. The van der Waals surface area contributed by atoms with Crippen molar-refractivity contribution < 1.29 is 14.3 Å². The Hall–Kier alpha value is -2.08. The van der Waals surface area contributed by atoms with Gasteiger partial charge in [-0.1, -0.05) is 6.07 Å². The fourth-order valence-electron chi connectivity index (χ4n) is 1.81. The number of benzene rings is 1. The van der Waals surface area contributed by atoms with Crippen molar-refractivity contribution >= 4 is 27.7 Å². The number of hydrogen-bond acceptors (Lipinski definition) is 5. The largest absolute Gasteiger partial charge is 0.496 e. The molecule has 0 atom stereocenters. The Kier molecular flexibility index (Phi) is 5.16. The predicted molar refractivity (Wildman–Crippen MR) is 83.6 cm³/mol. The van der Waals surface area contributed by atoms with Crippen LogP contribution in [0.4, 0.5) is 5.82 Å². The lowest BCUT2D eigenvalue weighted by atomic mass is 10.1. The van der Waals surface area contributed by atoms with E-state index in [0.29, 0.717) is 17.9 Å². The van der Waals surface area contributed by atoms with Crippen LogP contribution in [0, 0.1) is 0 Å². The zero-order valence-electron chi connectivity index (χ0n) is 11.7. The van der Waals surface area contributed by atoms with Gasteiger partial charge >= 0.3 is 5.97 Å². The van der Waals surface area contributed by atoms with Gasteiger partial charge in [-0.3, -0.25) is 0 Å². The molecule has 0 aliphatic heterocycles. The summed E-state index contributed by atoms with van der Waals surface area (Å²) in [5.74, 6) is 0.830. The standard InChI is InChI=1S/C15H15BrN2O3/c1-20-13-5-3-10(7-12(13)15(19)21-2)8-17-14-6-4-11(16)9-18-14/h3-7,9H,8H2,1-2H3,(H,17,18). The molecule has 2 rings (SSSR count). The quantitative estimate of drug-likeness (QED) is 0.838. The highest BCUT2D eigenvalue weighted by atomic mass is 79.9. The lowest BCUT2D eigenvalue weighted by Crippen LogP contribution is -2.07. The van der Waals surface area contributed by atoms with Gasteiger partial charge in [0.25, 0.3) is 0 Å². The molecular formula is C15H15BrN2O3. The van der Waals surface area contributed by atoms with Crippen LogP contribution in [-0.4, -0.2) is 25.2 Å². The lowest BCUT2D eigenvalue weighted by molar-refractivity contribution is 0.0597. The Bertz CT molecular complexity index is 629. The predicted octanol–water partition coefficient (Wildman–Crippen LogP) is 3.25. The smallest absolute Gasteiger partial charge is 0.341 e. The molecule has 0 saturated carbocycles. The second-order valence-electron chi connectivity index (χ2n) is 4.24. The molecule has 1 aromatic heterocycles. The van der Waals surface area contributed by atoms with E-state index >= 15 is 0 Å². The minimum atomic E-state index is -0.421. The number of hydrogen-bond donors (Lipinski definition) is 1. The van der Waals surface area contributed by atoms with E-state index < -0.39 is 5.97 Å². The first-order valence-electron chi connectivity index (χ1n) is 6.24. The maximum absolute atomic E-state index is 11.7. The number of carbonyl (C=O) groups is 1. The van der Waals surface area contributed by atoms with Crippen LogP contribution in [-0.2, 0) is 11.3 Å². The van der Waals surface area contributed by atoms with E-state index in [1.165, 1.54) is 14.2 Å². The van der Waals surface area contributed by atoms with Gasteiger partial charge in [0.2, 0.25) is 0 Å². The summed E-state index contributed by atoms with van der Waals surface area (Å²) >= 11 is 3.34.